The van der Waals surface area contributed by atoms with Crippen molar-refractivity contribution in [2.45, 2.75) is 85.2 Å². The first-order valence-electron chi connectivity index (χ1n) is 10.4. The summed E-state index contributed by atoms with van der Waals surface area (Å²) in [4.78, 5) is 13.4. The van der Waals surface area contributed by atoms with Crippen LogP contribution < -0.4 is 0 Å². The molecule has 0 aliphatic heterocycles. The van der Waals surface area contributed by atoms with Crippen molar-refractivity contribution in [1.29, 1.82) is 0 Å². The van der Waals surface area contributed by atoms with Gasteiger partial charge < -0.3 is 20.1 Å². The molecule has 27 heavy (non-hydrogen) atoms. The number of fused-ring (bicyclic) bond motifs is 3. The summed E-state index contributed by atoms with van der Waals surface area (Å²) in [7, 11) is 0. The van der Waals surface area contributed by atoms with Crippen molar-refractivity contribution in [2.75, 3.05) is 6.61 Å². The average molecular weight is 381 g/mol. The van der Waals surface area contributed by atoms with Gasteiger partial charge >= 0.3 is 5.97 Å². The number of rotatable bonds is 3. The van der Waals surface area contributed by atoms with Gasteiger partial charge in [0.1, 0.15) is 12.4 Å². The van der Waals surface area contributed by atoms with E-state index in [1.54, 1.807) is 0 Å². The third-order valence-corrected chi connectivity index (χ3v) is 8.17. The lowest BCUT2D eigenvalue weighted by atomic mass is 9.51. The van der Waals surface area contributed by atoms with Crippen LogP contribution in [0.2, 0.25) is 0 Å². The van der Waals surface area contributed by atoms with Gasteiger partial charge in [0, 0.05) is 11.8 Å². The Morgan fingerprint density at radius 2 is 1.89 bits per heavy atom. The van der Waals surface area contributed by atoms with Crippen LogP contribution in [0.1, 0.15) is 73.1 Å². The summed E-state index contributed by atoms with van der Waals surface area (Å²) in [6.07, 6.45) is 4.82. The second-order valence-electron chi connectivity index (χ2n) is 10.1. The molecule has 2 saturated carbocycles. The van der Waals surface area contributed by atoms with Crippen LogP contribution in [-0.2, 0) is 9.53 Å². The predicted octanol–water partition coefficient (Wildman–Crippen LogP) is 3.17. The first-order valence-corrected chi connectivity index (χ1v) is 10.4. The lowest BCUT2D eigenvalue weighted by molar-refractivity contribution is -0.364. The van der Waals surface area contributed by atoms with Gasteiger partial charge in [-0.15, -0.1) is 0 Å². The number of allylic oxidation sites excluding steroid dienone is 1. The molecule has 0 heterocycles. The largest absolute Gasteiger partial charge is 0.388 e. The van der Waals surface area contributed by atoms with Gasteiger partial charge in [0.25, 0.3) is 0 Å². The highest BCUT2D eigenvalue weighted by atomic mass is 16.8. The number of hydrogen-bond donors (Lipinski definition) is 3. The van der Waals surface area contributed by atoms with E-state index in [1.165, 1.54) is 6.42 Å². The maximum atomic E-state index is 13.4. The van der Waals surface area contributed by atoms with Gasteiger partial charge in [-0.2, -0.15) is 0 Å². The summed E-state index contributed by atoms with van der Waals surface area (Å²) < 4.78 is 5.48. The lowest BCUT2D eigenvalue weighted by Gasteiger charge is -2.54. The van der Waals surface area contributed by atoms with Crippen molar-refractivity contribution in [2.24, 2.45) is 28.6 Å². The summed E-state index contributed by atoms with van der Waals surface area (Å²) in [5, 5.41) is 28.8. The molecule has 3 aliphatic carbocycles. The molecule has 0 aromatic carbocycles. The SMILES string of the molecule is CC1=C2CC(=O)[C@]3(C)CCC[C@@H](C)[C@H]3C[C@H](C[C@@H]1OC(O)(O)CO)C2(C)C. The van der Waals surface area contributed by atoms with Crippen LogP contribution in [0.15, 0.2) is 11.1 Å². The topological polar surface area (TPSA) is 87.0 Å². The zero-order chi connectivity index (χ0) is 20.2. The van der Waals surface area contributed by atoms with Crippen molar-refractivity contribution in [3.63, 3.8) is 0 Å². The Morgan fingerprint density at radius 3 is 2.52 bits per heavy atom. The molecule has 5 nitrogen and oxygen atoms in total. The quantitative estimate of drug-likeness (QED) is 0.517. The summed E-state index contributed by atoms with van der Waals surface area (Å²) in [6, 6.07) is 0. The zero-order valence-electron chi connectivity index (χ0n) is 17.4. The van der Waals surface area contributed by atoms with Gasteiger partial charge in [0.15, 0.2) is 0 Å². The molecular formula is C22H36O5. The molecule has 5 atom stereocenters. The third kappa shape index (κ3) is 3.52. The minimum absolute atomic E-state index is 0.120. The number of aliphatic hydroxyl groups excluding tert-OH is 1. The van der Waals surface area contributed by atoms with Crippen molar-refractivity contribution < 1.29 is 24.9 Å². The maximum Gasteiger partial charge on any atom is 0.303 e. The lowest BCUT2D eigenvalue weighted by Crippen LogP contribution is -2.51. The van der Waals surface area contributed by atoms with E-state index >= 15 is 0 Å². The molecule has 0 unspecified atom stereocenters. The van der Waals surface area contributed by atoms with Crippen LogP contribution in [-0.4, -0.2) is 39.8 Å². The molecule has 3 aliphatic rings. The van der Waals surface area contributed by atoms with Gasteiger partial charge in [0.2, 0.25) is 0 Å². The molecule has 3 rings (SSSR count). The monoisotopic (exact) mass is 380 g/mol. The molecule has 3 N–H and O–H groups in total. The highest BCUT2D eigenvalue weighted by Gasteiger charge is 2.53. The number of ketones is 1. The van der Waals surface area contributed by atoms with Crippen LogP contribution in [0.4, 0.5) is 0 Å². The molecule has 0 aromatic rings. The fourth-order valence-electron chi connectivity index (χ4n) is 6.15. The normalized spacial score (nSPS) is 39.6. The van der Waals surface area contributed by atoms with Gasteiger partial charge in [-0.1, -0.05) is 46.1 Å². The molecule has 0 spiro atoms. The van der Waals surface area contributed by atoms with E-state index < -0.39 is 18.7 Å². The number of aliphatic hydroxyl groups is 3. The Labute approximate surface area is 162 Å². The summed E-state index contributed by atoms with van der Waals surface area (Å²) in [6.45, 7) is 9.94. The molecular weight excluding hydrogens is 344 g/mol. The van der Waals surface area contributed by atoms with Crippen LogP contribution >= 0.6 is 0 Å². The highest BCUT2D eigenvalue weighted by Crippen LogP contribution is 2.58. The molecule has 154 valence electrons. The van der Waals surface area contributed by atoms with E-state index in [4.69, 9.17) is 4.74 Å². The van der Waals surface area contributed by atoms with Gasteiger partial charge in [-0.25, -0.2) is 0 Å². The van der Waals surface area contributed by atoms with Crippen LogP contribution in [0, 0.1) is 28.6 Å². The third-order valence-electron chi connectivity index (χ3n) is 8.17. The Hall–Kier alpha value is -0.750. The van der Waals surface area contributed by atoms with Crippen LogP contribution in [0.3, 0.4) is 0 Å². The van der Waals surface area contributed by atoms with Gasteiger partial charge in [0.05, 0.1) is 6.10 Å². The van der Waals surface area contributed by atoms with Crippen molar-refractivity contribution in [3.8, 4) is 0 Å². The number of ether oxygens (including phenoxy) is 1. The number of Topliss-reactive ketones (excluding diaryl/α,β-unsaturated/α-hetero) is 1. The molecule has 5 heteroatoms. The first-order chi connectivity index (χ1) is 12.4. The standard InChI is InChI=1S/C22H36O5/c1-13-7-6-8-21(5)16(13)9-15-10-18(27-22(25,26)12-23)14(2)17(11-19(21)24)20(15,3)4/h13,15-16,18,23,25-26H,6-12H2,1-5H3/t13-,15-,16-,18+,21-/m1/s1. The maximum absolute atomic E-state index is 13.4. The molecule has 2 fully saturated rings. The van der Waals surface area contributed by atoms with E-state index in [-0.39, 0.29) is 10.8 Å². The van der Waals surface area contributed by atoms with Crippen molar-refractivity contribution >= 4 is 5.78 Å². The molecule has 0 amide bonds. The van der Waals surface area contributed by atoms with E-state index in [0.29, 0.717) is 36.4 Å². The van der Waals surface area contributed by atoms with E-state index in [9.17, 15) is 20.1 Å². The molecule has 0 radical (unpaired) electrons. The highest BCUT2D eigenvalue weighted by molar-refractivity contribution is 5.87. The summed E-state index contributed by atoms with van der Waals surface area (Å²) in [5.74, 6) is -1.06. The Kier molecular flexibility index (Phi) is 5.39. The fourth-order valence-corrected chi connectivity index (χ4v) is 6.15. The Bertz CT molecular complexity index is 635. The molecule has 2 bridgehead atoms. The van der Waals surface area contributed by atoms with E-state index in [1.807, 2.05) is 6.92 Å². The molecule has 0 aromatic heterocycles. The van der Waals surface area contributed by atoms with Crippen LogP contribution in [0.25, 0.3) is 0 Å². The predicted molar refractivity (Wildman–Crippen MR) is 103 cm³/mol. The zero-order valence-corrected chi connectivity index (χ0v) is 17.4. The summed E-state index contributed by atoms with van der Waals surface area (Å²) >= 11 is 0. The number of hydrogen-bond acceptors (Lipinski definition) is 5. The number of carbonyl (C=O) groups is 1. The van der Waals surface area contributed by atoms with Gasteiger partial charge in [-0.05, 0) is 54.9 Å². The Balaban J connectivity index is 2.03. The molecule has 0 saturated heterocycles. The van der Waals surface area contributed by atoms with E-state index in [0.717, 1.165) is 30.4 Å². The van der Waals surface area contributed by atoms with E-state index in [2.05, 4.69) is 27.7 Å². The minimum Gasteiger partial charge on any atom is -0.388 e. The second kappa shape index (κ2) is 6.94. The average Bonchev–Trinajstić information content (AvgIpc) is 2.58. The first kappa shape index (κ1) is 21.0. The second-order valence-corrected chi connectivity index (χ2v) is 10.1. The fraction of sp³-hybridized carbons (Fsp3) is 0.864. The smallest absolute Gasteiger partial charge is 0.303 e. The van der Waals surface area contributed by atoms with Crippen molar-refractivity contribution in [1.82, 2.24) is 0 Å². The van der Waals surface area contributed by atoms with Crippen molar-refractivity contribution in [3.05, 3.63) is 11.1 Å². The van der Waals surface area contributed by atoms with Crippen LogP contribution in [0.5, 0.6) is 0 Å². The summed E-state index contributed by atoms with van der Waals surface area (Å²) in [5.41, 5.74) is 1.62. The number of carbonyl (C=O) groups excluding carboxylic acids is 1. The minimum atomic E-state index is -2.55. The Morgan fingerprint density at radius 1 is 1.22 bits per heavy atom. The van der Waals surface area contributed by atoms with Gasteiger partial charge in [-0.3, -0.25) is 4.79 Å².